The van der Waals surface area contributed by atoms with E-state index < -0.39 is 10.0 Å². The van der Waals surface area contributed by atoms with Crippen molar-refractivity contribution in [3.8, 4) is 5.82 Å². The number of hydrogen-bond donors (Lipinski definition) is 2. The summed E-state index contributed by atoms with van der Waals surface area (Å²) < 4.78 is 26.0. The molecule has 2 rings (SSSR count). The molecule has 0 saturated heterocycles. The number of aromatic nitrogens is 4. The Balaban J connectivity index is 2.00. The molecule has 0 aliphatic heterocycles. The number of hydrogen-bond acceptors (Lipinski definition) is 6. The molecule has 0 amide bonds. The molecular weight excluding hydrogens is 304 g/mol. The van der Waals surface area contributed by atoms with Crippen LogP contribution in [0.4, 0.5) is 5.82 Å². The molecule has 0 bridgehead atoms. The topological polar surface area (TPSA) is 102 Å². The highest BCUT2D eigenvalue weighted by molar-refractivity contribution is 7.88. The molecule has 0 saturated carbocycles. The van der Waals surface area contributed by atoms with Gasteiger partial charge >= 0.3 is 0 Å². The minimum atomic E-state index is -3.17. The minimum absolute atomic E-state index is 0.291. The number of anilines is 1. The van der Waals surface area contributed by atoms with Crippen LogP contribution in [0.2, 0.25) is 0 Å². The fraction of sp³-hybridized carbons (Fsp3) is 0.462. The molecule has 0 aliphatic rings. The van der Waals surface area contributed by atoms with E-state index in [1.807, 2.05) is 26.8 Å². The van der Waals surface area contributed by atoms with Crippen LogP contribution in [-0.4, -0.2) is 47.7 Å². The Morgan fingerprint density at radius 2 is 1.86 bits per heavy atom. The second-order valence-electron chi connectivity index (χ2n) is 5.08. The average molecular weight is 324 g/mol. The van der Waals surface area contributed by atoms with Gasteiger partial charge in [0.25, 0.3) is 0 Å². The van der Waals surface area contributed by atoms with E-state index in [0.717, 1.165) is 23.2 Å². The Kier molecular flexibility index (Phi) is 4.77. The second-order valence-corrected chi connectivity index (χ2v) is 6.91. The Labute approximate surface area is 130 Å². The number of nitrogens with one attached hydrogen (secondary N) is 2. The van der Waals surface area contributed by atoms with Crippen LogP contribution in [-0.2, 0) is 10.0 Å². The molecule has 0 unspecified atom stereocenters. The molecule has 2 aromatic rings. The van der Waals surface area contributed by atoms with E-state index in [1.54, 1.807) is 10.7 Å². The zero-order valence-electron chi connectivity index (χ0n) is 13.1. The SMILES string of the molecule is Cc1nn(-c2ccc(NCCNS(C)(=O)=O)nn2)c(C)c1C. The molecule has 2 N–H and O–H groups in total. The van der Waals surface area contributed by atoms with Gasteiger partial charge in [-0.05, 0) is 38.5 Å². The van der Waals surface area contributed by atoms with Crippen molar-refractivity contribution in [2.24, 2.45) is 0 Å². The molecule has 8 nitrogen and oxygen atoms in total. The van der Waals surface area contributed by atoms with Crippen molar-refractivity contribution in [1.82, 2.24) is 24.7 Å². The van der Waals surface area contributed by atoms with E-state index in [2.05, 4.69) is 25.3 Å². The van der Waals surface area contributed by atoms with E-state index in [1.165, 1.54) is 0 Å². The molecule has 120 valence electrons. The summed E-state index contributed by atoms with van der Waals surface area (Å²) in [6.45, 7) is 6.68. The van der Waals surface area contributed by atoms with Gasteiger partial charge in [-0.3, -0.25) is 0 Å². The Morgan fingerprint density at radius 3 is 2.36 bits per heavy atom. The van der Waals surface area contributed by atoms with Crippen molar-refractivity contribution in [3.05, 3.63) is 29.1 Å². The first-order valence-electron chi connectivity index (χ1n) is 6.83. The number of rotatable bonds is 6. The van der Waals surface area contributed by atoms with E-state index in [4.69, 9.17) is 0 Å². The first kappa shape index (κ1) is 16.4. The lowest BCUT2D eigenvalue weighted by Gasteiger charge is -2.07. The summed E-state index contributed by atoms with van der Waals surface area (Å²) in [6.07, 6.45) is 1.12. The van der Waals surface area contributed by atoms with E-state index in [-0.39, 0.29) is 0 Å². The van der Waals surface area contributed by atoms with Gasteiger partial charge in [0.1, 0.15) is 5.82 Å². The van der Waals surface area contributed by atoms with Crippen molar-refractivity contribution in [1.29, 1.82) is 0 Å². The summed E-state index contributed by atoms with van der Waals surface area (Å²) in [5.74, 6) is 1.23. The molecule has 0 spiro atoms. The Hall–Kier alpha value is -2.00. The number of nitrogens with zero attached hydrogens (tertiary/aromatic N) is 4. The standard InChI is InChI=1S/C13H20N6O2S/c1-9-10(2)18-19(11(9)3)13-6-5-12(16-17-13)14-7-8-15-22(4,20)21/h5-6,15H,7-8H2,1-4H3,(H,14,16). The number of aryl methyl sites for hydroxylation is 1. The van der Waals surface area contributed by atoms with Crippen molar-refractivity contribution in [2.75, 3.05) is 24.7 Å². The maximum atomic E-state index is 10.9. The summed E-state index contributed by atoms with van der Waals surface area (Å²) >= 11 is 0. The van der Waals surface area contributed by atoms with Gasteiger partial charge in [-0.25, -0.2) is 17.8 Å². The van der Waals surface area contributed by atoms with Crippen LogP contribution in [0.5, 0.6) is 0 Å². The third-order valence-electron chi connectivity index (χ3n) is 3.32. The second kappa shape index (κ2) is 6.41. The van der Waals surface area contributed by atoms with Crippen molar-refractivity contribution in [3.63, 3.8) is 0 Å². The van der Waals surface area contributed by atoms with Gasteiger partial charge in [0, 0.05) is 18.8 Å². The van der Waals surface area contributed by atoms with Crippen LogP contribution in [0.15, 0.2) is 12.1 Å². The van der Waals surface area contributed by atoms with Gasteiger partial charge in [-0.2, -0.15) is 5.10 Å². The van der Waals surface area contributed by atoms with Crippen LogP contribution in [0.25, 0.3) is 5.82 Å². The molecule has 2 heterocycles. The van der Waals surface area contributed by atoms with Gasteiger partial charge in [0.15, 0.2) is 5.82 Å². The quantitative estimate of drug-likeness (QED) is 0.752. The van der Waals surface area contributed by atoms with Gasteiger partial charge < -0.3 is 5.32 Å². The lowest BCUT2D eigenvalue weighted by molar-refractivity contribution is 0.589. The minimum Gasteiger partial charge on any atom is -0.367 e. The average Bonchev–Trinajstić information content (AvgIpc) is 2.71. The molecular formula is C13H20N6O2S. The largest absolute Gasteiger partial charge is 0.367 e. The first-order valence-corrected chi connectivity index (χ1v) is 8.72. The van der Waals surface area contributed by atoms with E-state index >= 15 is 0 Å². The smallest absolute Gasteiger partial charge is 0.208 e. The first-order chi connectivity index (χ1) is 10.3. The maximum absolute atomic E-state index is 10.9. The molecule has 0 aliphatic carbocycles. The van der Waals surface area contributed by atoms with Crippen LogP contribution in [0.3, 0.4) is 0 Å². The van der Waals surface area contributed by atoms with Crippen LogP contribution in [0, 0.1) is 20.8 Å². The predicted octanol–water partition coefficient (Wildman–Crippen LogP) is 0.549. The lowest BCUT2D eigenvalue weighted by Crippen LogP contribution is -2.27. The summed E-state index contributed by atoms with van der Waals surface area (Å²) in [7, 11) is -3.17. The highest BCUT2D eigenvalue weighted by Crippen LogP contribution is 2.15. The van der Waals surface area contributed by atoms with Gasteiger partial charge in [0.05, 0.1) is 11.9 Å². The fourth-order valence-corrected chi connectivity index (χ4v) is 2.38. The highest BCUT2D eigenvalue weighted by atomic mass is 32.2. The molecule has 0 aromatic carbocycles. The highest BCUT2D eigenvalue weighted by Gasteiger charge is 2.10. The molecule has 0 radical (unpaired) electrons. The van der Waals surface area contributed by atoms with Crippen molar-refractivity contribution < 1.29 is 8.42 Å². The van der Waals surface area contributed by atoms with Gasteiger partial charge in [-0.15, -0.1) is 10.2 Å². The normalized spacial score (nSPS) is 11.6. The van der Waals surface area contributed by atoms with Crippen LogP contribution >= 0.6 is 0 Å². The molecule has 9 heteroatoms. The predicted molar refractivity (Wildman–Crippen MR) is 84.7 cm³/mol. The van der Waals surface area contributed by atoms with Crippen LogP contribution in [0.1, 0.15) is 17.0 Å². The molecule has 0 fully saturated rings. The Morgan fingerprint density at radius 1 is 1.14 bits per heavy atom. The van der Waals surface area contributed by atoms with Gasteiger partial charge in [-0.1, -0.05) is 0 Å². The third-order valence-corrected chi connectivity index (χ3v) is 4.04. The summed E-state index contributed by atoms with van der Waals surface area (Å²) in [5.41, 5.74) is 3.13. The molecule has 2 aromatic heterocycles. The number of sulfonamides is 1. The van der Waals surface area contributed by atoms with E-state index in [9.17, 15) is 8.42 Å². The fourth-order valence-electron chi connectivity index (χ4n) is 1.90. The third kappa shape index (κ3) is 4.01. The molecule has 22 heavy (non-hydrogen) atoms. The lowest BCUT2D eigenvalue weighted by atomic mass is 10.2. The maximum Gasteiger partial charge on any atom is 0.208 e. The van der Waals surface area contributed by atoms with Gasteiger partial charge in [0.2, 0.25) is 10.0 Å². The van der Waals surface area contributed by atoms with Crippen molar-refractivity contribution in [2.45, 2.75) is 20.8 Å². The van der Waals surface area contributed by atoms with Crippen LogP contribution < -0.4 is 10.0 Å². The van der Waals surface area contributed by atoms with E-state index in [0.29, 0.717) is 24.7 Å². The summed E-state index contributed by atoms with van der Waals surface area (Å²) in [4.78, 5) is 0. The Bertz CT molecular complexity index is 752. The zero-order valence-corrected chi connectivity index (χ0v) is 13.9. The summed E-state index contributed by atoms with van der Waals surface area (Å²) in [6, 6.07) is 3.60. The monoisotopic (exact) mass is 324 g/mol. The zero-order chi connectivity index (χ0) is 16.3. The molecule has 0 atom stereocenters. The van der Waals surface area contributed by atoms with Crippen molar-refractivity contribution >= 4 is 15.8 Å². The summed E-state index contributed by atoms with van der Waals surface area (Å²) in [5, 5.41) is 15.6.